The van der Waals surface area contributed by atoms with E-state index in [1.165, 1.54) is 21.4 Å². The Balaban J connectivity index is 1.70. The Bertz CT molecular complexity index is 642. The maximum Gasteiger partial charge on any atom is 0.328 e. The second-order valence-electron chi connectivity index (χ2n) is 4.80. The number of hydrogen-bond donors (Lipinski definition) is 1. The predicted octanol–water partition coefficient (Wildman–Crippen LogP) is 3.47. The van der Waals surface area contributed by atoms with Crippen LogP contribution < -0.4 is 0 Å². The number of hydrogen-bond acceptors (Lipinski definition) is 4. The molecule has 3 nitrogen and oxygen atoms in total. The molecule has 0 spiro atoms. The Hall–Kier alpha value is -1.43. The maximum absolute atomic E-state index is 10.6. The Labute approximate surface area is 125 Å². The minimum atomic E-state index is -0.900. The topological polar surface area (TPSA) is 40.5 Å². The Morgan fingerprint density at radius 3 is 3.05 bits per heavy atom. The average molecular weight is 305 g/mol. The van der Waals surface area contributed by atoms with Crippen LogP contribution in [0.2, 0.25) is 0 Å². The molecule has 2 aromatic rings. The zero-order valence-corrected chi connectivity index (χ0v) is 12.5. The molecule has 3 heterocycles. The highest BCUT2D eigenvalue weighted by molar-refractivity contribution is 7.10. The monoisotopic (exact) mass is 305 g/mol. The summed E-state index contributed by atoms with van der Waals surface area (Å²) in [6.45, 7) is 2.97. The molecule has 1 N–H and O–H groups in total. The zero-order chi connectivity index (χ0) is 13.9. The van der Waals surface area contributed by atoms with Gasteiger partial charge in [0.15, 0.2) is 0 Å². The molecule has 0 atom stereocenters. The third kappa shape index (κ3) is 3.00. The molecule has 104 valence electrons. The van der Waals surface area contributed by atoms with Gasteiger partial charge in [-0.15, -0.1) is 22.7 Å². The van der Waals surface area contributed by atoms with Gasteiger partial charge >= 0.3 is 5.97 Å². The molecule has 1 aliphatic rings. The molecule has 1 aliphatic heterocycles. The molecule has 0 saturated carbocycles. The molecule has 0 saturated heterocycles. The van der Waals surface area contributed by atoms with Crippen molar-refractivity contribution >= 4 is 34.7 Å². The minimum absolute atomic E-state index is 0.895. The molecule has 0 unspecified atom stereocenters. The first-order valence-electron chi connectivity index (χ1n) is 6.47. The fourth-order valence-corrected chi connectivity index (χ4v) is 4.23. The van der Waals surface area contributed by atoms with Crippen LogP contribution in [0.1, 0.15) is 20.9 Å². The van der Waals surface area contributed by atoms with E-state index in [4.69, 9.17) is 5.11 Å². The Morgan fingerprint density at radius 2 is 2.20 bits per heavy atom. The van der Waals surface area contributed by atoms with Gasteiger partial charge in [-0.1, -0.05) is 0 Å². The summed E-state index contributed by atoms with van der Waals surface area (Å²) in [4.78, 5) is 15.8. The van der Waals surface area contributed by atoms with Crippen molar-refractivity contribution in [1.82, 2.24) is 4.90 Å². The number of carbonyl (C=O) groups is 1. The van der Waals surface area contributed by atoms with Gasteiger partial charge in [-0.3, -0.25) is 4.90 Å². The number of fused-ring (bicyclic) bond motifs is 1. The van der Waals surface area contributed by atoms with Gasteiger partial charge in [-0.05, 0) is 46.5 Å². The van der Waals surface area contributed by atoms with Crippen molar-refractivity contribution < 1.29 is 9.90 Å². The molecular weight excluding hydrogens is 290 g/mol. The van der Waals surface area contributed by atoms with E-state index in [0.717, 1.165) is 31.6 Å². The summed E-state index contributed by atoms with van der Waals surface area (Å²) < 4.78 is 0. The van der Waals surface area contributed by atoms with E-state index in [0.29, 0.717) is 0 Å². The second-order valence-corrected chi connectivity index (χ2v) is 6.80. The first kappa shape index (κ1) is 13.5. The Morgan fingerprint density at radius 1 is 1.35 bits per heavy atom. The number of nitrogens with zero attached hydrogens (tertiary/aromatic N) is 1. The predicted molar refractivity (Wildman–Crippen MR) is 83.1 cm³/mol. The fraction of sp³-hybridized carbons (Fsp3) is 0.267. The van der Waals surface area contributed by atoms with E-state index < -0.39 is 5.97 Å². The molecular formula is C15H15NO2S2. The van der Waals surface area contributed by atoms with Crippen LogP contribution in [0.4, 0.5) is 0 Å². The summed E-state index contributed by atoms with van der Waals surface area (Å²) in [6.07, 6.45) is 4.02. The lowest BCUT2D eigenvalue weighted by Crippen LogP contribution is -2.28. The van der Waals surface area contributed by atoms with Crippen molar-refractivity contribution in [2.24, 2.45) is 0 Å². The van der Waals surface area contributed by atoms with Crippen LogP contribution in [-0.4, -0.2) is 22.5 Å². The van der Waals surface area contributed by atoms with Crippen LogP contribution in [0, 0.1) is 0 Å². The molecule has 0 aromatic carbocycles. The summed E-state index contributed by atoms with van der Waals surface area (Å²) in [6, 6.07) is 4.20. The minimum Gasteiger partial charge on any atom is -0.478 e. The molecule has 0 bridgehead atoms. The van der Waals surface area contributed by atoms with Crippen molar-refractivity contribution in [3.05, 3.63) is 49.9 Å². The van der Waals surface area contributed by atoms with E-state index in [1.807, 2.05) is 22.8 Å². The van der Waals surface area contributed by atoms with Crippen molar-refractivity contribution in [2.45, 2.75) is 19.5 Å². The number of carboxylic acid groups (broad SMARTS) is 1. The highest BCUT2D eigenvalue weighted by atomic mass is 32.1. The van der Waals surface area contributed by atoms with Gasteiger partial charge in [0, 0.05) is 35.5 Å². The van der Waals surface area contributed by atoms with Gasteiger partial charge in [-0.25, -0.2) is 4.79 Å². The molecule has 0 fully saturated rings. The van der Waals surface area contributed by atoms with Gasteiger partial charge in [0.05, 0.1) is 0 Å². The summed E-state index contributed by atoms with van der Waals surface area (Å²) in [5, 5.41) is 12.9. The maximum atomic E-state index is 10.6. The van der Waals surface area contributed by atoms with Crippen LogP contribution in [0.15, 0.2) is 29.0 Å². The summed E-state index contributed by atoms with van der Waals surface area (Å²) in [5.41, 5.74) is 2.47. The fourth-order valence-electron chi connectivity index (χ4n) is 2.43. The first-order valence-corrected chi connectivity index (χ1v) is 8.23. The lowest BCUT2D eigenvalue weighted by atomic mass is 10.1. The quantitative estimate of drug-likeness (QED) is 0.879. The summed E-state index contributed by atoms with van der Waals surface area (Å²) in [7, 11) is 0. The van der Waals surface area contributed by atoms with Crippen LogP contribution in [0.5, 0.6) is 0 Å². The number of rotatable bonds is 4. The molecule has 3 rings (SSSR count). The number of thiophene rings is 2. The first-order chi connectivity index (χ1) is 9.72. The SMILES string of the molecule is O=C(O)C=Cc1ccsc1CN1CCc2sccc2C1. The van der Waals surface area contributed by atoms with Crippen molar-refractivity contribution in [3.63, 3.8) is 0 Å². The highest BCUT2D eigenvalue weighted by Gasteiger charge is 2.18. The molecule has 20 heavy (non-hydrogen) atoms. The van der Waals surface area contributed by atoms with Gasteiger partial charge < -0.3 is 5.11 Å². The second kappa shape index (κ2) is 5.91. The largest absolute Gasteiger partial charge is 0.478 e. The van der Waals surface area contributed by atoms with E-state index in [1.54, 1.807) is 17.4 Å². The lowest BCUT2D eigenvalue weighted by molar-refractivity contribution is -0.131. The lowest BCUT2D eigenvalue weighted by Gasteiger charge is -2.26. The number of carboxylic acids is 1. The smallest absolute Gasteiger partial charge is 0.328 e. The molecule has 0 aliphatic carbocycles. The van der Waals surface area contributed by atoms with E-state index >= 15 is 0 Å². The van der Waals surface area contributed by atoms with E-state index in [-0.39, 0.29) is 0 Å². The molecule has 5 heteroatoms. The van der Waals surface area contributed by atoms with Crippen molar-refractivity contribution in [2.75, 3.05) is 6.54 Å². The van der Waals surface area contributed by atoms with Crippen LogP contribution in [-0.2, 0) is 24.3 Å². The third-order valence-electron chi connectivity index (χ3n) is 3.44. The van der Waals surface area contributed by atoms with Crippen molar-refractivity contribution in [1.29, 1.82) is 0 Å². The molecule has 2 aromatic heterocycles. The number of aliphatic carboxylic acids is 1. The van der Waals surface area contributed by atoms with Gasteiger partial charge in [-0.2, -0.15) is 0 Å². The van der Waals surface area contributed by atoms with Crippen molar-refractivity contribution in [3.8, 4) is 0 Å². The normalized spacial score (nSPS) is 15.6. The zero-order valence-electron chi connectivity index (χ0n) is 10.9. The third-order valence-corrected chi connectivity index (χ3v) is 5.38. The van der Waals surface area contributed by atoms with Gasteiger partial charge in [0.25, 0.3) is 0 Å². The van der Waals surface area contributed by atoms with Crippen LogP contribution in [0.25, 0.3) is 6.08 Å². The summed E-state index contributed by atoms with van der Waals surface area (Å²) in [5.74, 6) is -0.900. The standard InChI is InChI=1S/C15H15NO2S2/c17-15(18)2-1-11-4-7-20-14(11)10-16-6-3-13-12(9-16)5-8-19-13/h1-2,4-5,7-8H,3,6,9-10H2,(H,17,18). The average Bonchev–Trinajstić information content (AvgIpc) is 3.04. The van der Waals surface area contributed by atoms with E-state index in [9.17, 15) is 4.79 Å². The molecule has 0 radical (unpaired) electrons. The highest BCUT2D eigenvalue weighted by Crippen LogP contribution is 2.27. The van der Waals surface area contributed by atoms with Crippen LogP contribution >= 0.6 is 22.7 Å². The van der Waals surface area contributed by atoms with Gasteiger partial charge in [0.1, 0.15) is 0 Å². The van der Waals surface area contributed by atoms with Gasteiger partial charge in [0.2, 0.25) is 0 Å². The van der Waals surface area contributed by atoms with E-state index in [2.05, 4.69) is 16.3 Å². The Kier molecular flexibility index (Phi) is 4.00. The molecule has 0 amide bonds. The summed E-state index contributed by atoms with van der Waals surface area (Å²) >= 11 is 3.54. The van der Waals surface area contributed by atoms with Crippen LogP contribution in [0.3, 0.4) is 0 Å².